The Morgan fingerprint density at radius 3 is 2.58 bits per heavy atom. The smallest absolute Gasteiger partial charge is 0.268 e. The quantitative estimate of drug-likeness (QED) is 0.811. The van der Waals surface area contributed by atoms with E-state index in [1.165, 1.54) is 0 Å². The number of nitrogens with one attached hydrogen (secondary N) is 2. The van der Waals surface area contributed by atoms with Crippen molar-refractivity contribution >= 4 is 17.9 Å². The van der Waals surface area contributed by atoms with Crippen molar-refractivity contribution in [3.05, 3.63) is 41.6 Å². The maximum atomic E-state index is 12.0. The summed E-state index contributed by atoms with van der Waals surface area (Å²) in [5, 5.41) is 5.46. The largest absolute Gasteiger partial charge is 0.339 e. The van der Waals surface area contributed by atoms with Gasteiger partial charge in [0.25, 0.3) is 5.91 Å². The van der Waals surface area contributed by atoms with Crippen LogP contribution in [0, 0.1) is 5.92 Å². The number of hydrogen-bond donors (Lipinski definition) is 2. The molecular formula is C15H18N2O2. The molecule has 0 unspecified atom stereocenters. The summed E-state index contributed by atoms with van der Waals surface area (Å²) in [4.78, 5) is 24.0. The Kier molecular flexibility index (Phi) is 4.00. The highest BCUT2D eigenvalue weighted by molar-refractivity contribution is 6.07. The predicted octanol–water partition coefficient (Wildman–Crippen LogP) is 1.69. The molecule has 4 nitrogen and oxygen atoms in total. The van der Waals surface area contributed by atoms with E-state index in [9.17, 15) is 9.59 Å². The SMILES string of the molecule is CC[C@H](C)[C@@H]1NC(=O)/C(=C/c2ccccc2)NC1=O. The van der Waals surface area contributed by atoms with Crippen LogP contribution in [0.15, 0.2) is 36.0 Å². The van der Waals surface area contributed by atoms with Crippen molar-refractivity contribution in [3.63, 3.8) is 0 Å². The van der Waals surface area contributed by atoms with Gasteiger partial charge in [0.15, 0.2) is 0 Å². The van der Waals surface area contributed by atoms with Crippen LogP contribution in [0.5, 0.6) is 0 Å². The summed E-state index contributed by atoms with van der Waals surface area (Å²) in [6.07, 6.45) is 2.52. The molecule has 1 aromatic rings. The highest BCUT2D eigenvalue weighted by Crippen LogP contribution is 2.14. The van der Waals surface area contributed by atoms with Gasteiger partial charge in [-0.15, -0.1) is 0 Å². The fourth-order valence-corrected chi connectivity index (χ4v) is 2.01. The average Bonchev–Trinajstić information content (AvgIpc) is 2.43. The molecule has 2 rings (SSSR count). The maximum absolute atomic E-state index is 12.0. The normalized spacial score (nSPS) is 22.8. The van der Waals surface area contributed by atoms with Crippen LogP contribution in [-0.2, 0) is 9.59 Å². The topological polar surface area (TPSA) is 58.2 Å². The van der Waals surface area contributed by atoms with Crippen molar-refractivity contribution in [2.75, 3.05) is 0 Å². The molecule has 1 aliphatic heterocycles. The van der Waals surface area contributed by atoms with Gasteiger partial charge < -0.3 is 10.6 Å². The van der Waals surface area contributed by atoms with E-state index in [0.717, 1.165) is 12.0 Å². The van der Waals surface area contributed by atoms with Gasteiger partial charge in [0.2, 0.25) is 5.91 Å². The minimum atomic E-state index is -0.439. The molecule has 2 N–H and O–H groups in total. The second kappa shape index (κ2) is 5.69. The maximum Gasteiger partial charge on any atom is 0.268 e. The van der Waals surface area contributed by atoms with Gasteiger partial charge in [-0.2, -0.15) is 0 Å². The van der Waals surface area contributed by atoms with Crippen LogP contribution in [0.2, 0.25) is 0 Å². The van der Waals surface area contributed by atoms with E-state index in [-0.39, 0.29) is 17.7 Å². The van der Waals surface area contributed by atoms with E-state index in [2.05, 4.69) is 10.6 Å². The van der Waals surface area contributed by atoms with Crippen LogP contribution >= 0.6 is 0 Å². The third-order valence-electron chi connectivity index (χ3n) is 3.40. The third-order valence-corrected chi connectivity index (χ3v) is 3.40. The van der Waals surface area contributed by atoms with Crippen LogP contribution < -0.4 is 10.6 Å². The first-order valence-electron chi connectivity index (χ1n) is 6.50. The molecule has 1 saturated heterocycles. The van der Waals surface area contributed by atoms with Gasteiger partial charge in [0.05, 0.1) is 0 Å². The first-order valence-corrected chi connectivity index (χ1v) is 6.50. The molecular weight excluding hydrogens is 240 g/mol. The summed E-state index contributed by atoms with van der Waals surface area (Å²) < 4.78 is 0. The lowest BCUT2D eigenvalue weighted by atomic mass is 9.96. The summed E-state index contributed by atoms with van der Waals surface area (Å²) in [5.41, 5.74) is 1.19. The Labute approximate surface area is 112 Å². The van der Waals surface area contributed by atoms with Crippen molar-refractivity contribution < 1.29 is 9.59 Å². The van der Waals surface area contributed by atoms with Crippen LogP contribution in [-0.4, -0.2) is 17.9 Å². The zero-order chi connectivity index (χ0) is 13.8. The fraction of sp³-hybridized carbons (Fsp3) is 0.333. The number of carbonyl (C=O) groups is 2. The molecule has 2 amide bonds. The Bertz CT molecular complexity index is 508. The van der Waals surface area contributed by atoms with Gasteiger partial charge in [0.1, 0.15) is 11.7 Å². The average molecular weight is 258 g/mol. The number of benzene rings is 1. The molecule has 0 radical (unpaired) electrons. The van der Waals surface area contributed by atoms with Gasteiger partial charge in [-0.05, 0) is 17.6 Å². The predicted molar refractivity (Wildman–Crippen MR) is 73.9 cm³/mol. The second-order valence-electron chi connectivity index (χ2n) is 4.79. The van der Waals surface area contributed by atoms with E-state index in [4.69, 9.17) is 0 Å². The summed E-state index contributed by atoms with van der Waals surface area (Å²) in [6.45, 7) is 3.95. The lowest BCUT2D eigenvalue weighted by molar-refractivity contribution is -0.132. The number of hydrogen-bond acceptors (Lipinski definition) is 2. The van der Waals surface area contributed by atoms with E-state index in [1.807, 2.05) is 44.2 Å². The van der Waals surface area contributed by atoms with E-state index >= 15 is 0 Å². The Morgan fingerprint density at radius 2 is 1.95 bits per heavy atom. The first kappa shape index (κ1) is 13.3. The van der Waals surface area contributed by atoms with Gasteiger partial charge >= 0.3 is 0 Å². The first-order chi connectivity index (χ1) is 9.11. The van der Waals surface area contributed by atoms with Crippen LogP contribution in [0.1, 0.15) is 25.8 Å². The molecule has 1 heterocycles. The number of rotatable bonds is 3. The zero-order valence-electron chi connectivity index (χ0n) is 11.1. The van der Waals surface area contributed by atoms with Crippen LogP contribution in [0.4, 0.5) is 0 Å². The third kappa shape index (κ3) is 3.02. The molecule has 19 heavy (non-hydrogen) atoms. The van der Waals surface area contributed by atoms with Gasteiger partial charge in [-0.3, -0.25) is 9.59 Å². The molecule has 0 saturated carbocycles. The van der Waals surface area contributed by atoms with Gasteiger partial charge in [-0.1, -0.05) is 50.6 Å². The molecule has 0 aromatic heterocycles. The van der Waals surface area contributed by atoms with Crippen molar-refractivity contribution in [3.8, 4) is 0 Å². The Morgan fingerprint density at radius 1 is 1.26 bits per heavy atom. The number of carbonyl (C=O) groups excluding carboxylic acids is 2. The molecule has 1 fully saturated rings. The summed E-state index contributed by atoms with van der Waals surface area (Å²) in [6, 6.07) is 9.00. The van der Waals surface area contributed by atoms with E-state index in [1.54, 1.807) is 6.08 Å². The lowest BCUT2D eigenvalue weighted by Gasteiger charge is -2.28. The fourth-order valence-electron chi connectivity index (χ4n) is 2.01. The minimum absolute atomic E-state index is 0.127. The highest BCUT2D eigenvalue weighted by Gasteiger charge is 2.32. The minimum Gasteiger partial charge on any atom is -0.339 e. The van der Waals surface area contributed by atoms with Crippen molar-refractivity contribution in [2.45, 2.75) is 26.3 Å². The van der Waals surface area contributed by atoms with Crippen molar-refractivity contribution in [2.24, 2.45) is 5.92 Å². The lowest BCUT2D eigenvalue weighted by Crippen LogP contribution is -2.57. The highest BCUT2D eigenvalue weighted by atomic mass is 16.2. The van der Waals surface area contributed by atoms with Gasteiger partial charge in [-0.25, -0.2) is 0 Å². The molecule has 0 aliphatic carbocycles. The van der Waals surface area contributed by atoms with Crippen molar-refractivity contribution in [1.29, 1.82) is 0 Å². The molecule has 0 spiro atoms. The molecule has 4 heteroatoms. The summed E-state index contributed by atoms with van der Waals surface area (Å²) in [5.74, 6) is -0.243. The number of piperazine rings is 1. The van der Waals surface area contributed by atoms with Crippen molar-refractivity contribution in [1.82, 2.24) is 10.6 Å². The standard InChI is InChI=1S/C15H18N2O2/c1-3-10(2)13-15(19)16-12(14(18)17-13)9-11-7-5-4-6-8-11/h4-10,13H,3H2,1-2H3,(H,16,19)(H,17,18)/b12-9-/t10-,13-/m0/s1. The number of amides is 2. The molecule has 1 aliphatic rings. The van der Waals surface area contributed by atoms with Crippen LogP contribution in [0.25, 0.3) is 6.08 Å². The Hall–Kier alpha value is -2.10. The Balaban J connectivity index is 2.17. The van der Waals surface area contributed by atoms with E-state index < -0.39 is 6.04 Å². The van der Waals surface area contributed by atoms with Gasteiger partial charge in [0, 0.05) is 0 Å². The molecule has 0 bridgehead atoms. The molecule has 2 atom stereocenters. The monoisotopic (exact) mass is 258 g/mol. The zero-order valence-corrected chi connectivity index (χ0v) is 11.1. The summed E-state index contributed by atoms with van der Waals surface area (Å²) >= 11 is 0. The summed E-state index contributed by atoms with van der Waals surface area (Å²) in [7, 11) is 0. The molecule has 1 aromatic carbocycles. The van der Waals surface area contributed by atoms with Crippen LogP contribution in [0.3, 0.4) is 0 Å². The molecule has 100 valence electrons. The second-order valence-corrected chi connectivity index (χ2v) is 4.79. The van der Waals surface area contributed by atoms with E-state index in [0.29, 0.717) is 5.70 Å².